The highest BCUT2D eigenvalue weighted by Gasteiger charge is 2.21. The molecule has 0 N–H and O–H groups in total. The molecule has 1 aliphatic heterocycles. The molecule has 1 aromatic carbocycles. The summed E-state index contributed by atoms with van der Waals surface area (Å²) < 4.78 is 22.9. The third-order valence-electron chi connectivity index (χ3n) is 2.21. The summed E-state index contributed by atoms with van der Waals surface area (Å²) in [5, 5.41) is 0. The molecule has 0 saturated heterocycles. The lowest BCUT2D eigenvalue weighted by Crippen LogP contribution is -1.96. The van der Waals surface area contributed by atoms with Crippen LogP contribution in [0.3, 0.4) is 0 Å². The quantitative estimate of drug-likeness (QED) is 0.522. The zero-order chi connectivity index (χ0) is 10.8. The number of ether oxygens (including phenoxy) is 2. The number of esters is 1. The molecule has 0 bridgehead atoms. The van der Waals surface area contributed by atoms with Gasteiger partial charge in [-0.25, -0.2) is 9.18 Å². The fourth-order valence-electron chi connectivity index (χ4n) is 1.45. The van der Waals surface area contributed by atoms with Crippen LogP contribution in [0.1, 0.15) is 11.1 Å². The average Bonchev–Trinajstić information content (AvgIpc) is 2.63. The van der Waals surface area contributed by atoms with Crippen molar-refractivity contribution in [2.24, 2.45) is 0 Å². The van der Waals surface area contributed by atoms with Gasteiger partial charge in [0.1, 0.15) is 18.2 Å². The molecule has 0 atom stereocenters. The third-order valence-corrected chi connectivity index (χ3v) is 2.21. The summed E-state index contributed by atoms with van der Waals surface area (Å²) in [6.45, 7) is 0.158. The van der Waals surface area contributed by atoms with Gasteiger partial charge in [0.25, 0.3) is 0 Å². The summed E-state index contributed by atoms with van der Waals surface area (Å²) in [4.78, 5) is 11.0. The molecule has 1 heterocycles. The van der Waals surface area contributed by atoms with E-state index in [-0.39, 0.29) is 12.4 Å². The van der Waals surface area contributed by atoms with Crippen LogP contribution in [0.15, 0.2) is 24.3 Å². The molecule has 0 spiro atoms. The van der Waals surface area contributed by atoms with Crippen molar-refractivity contribution in [3.63, 3.8) is 0 Å². The lowest BCUT2D eigenvalue weighted by Gasteiger charge is -1.98. The maximum atomic E-state index is 13.3. The number of halogens is 1. The number of fused-ring (bicyclic) bond motifs is 1. The van der Waals surface area contributed by atoms with E-state index in [9.17, 15) is 9.18 Å². The summed E-state index contributed by atoms with van der Waals surface area (Å²) >= 11 is 0. The number of hydrogen-bond donors (Lipinski definition) is 0. The topological polar surface area (TPSA) is 35.5 Å². The lowest BCUT2D eigenvalue weighted by molar-refractivity contribution is -0.134. The summed E-state index contributed by atoms with van der Waals surface area (Å²) in [7, 11) is 1.28. The molecular weight excluding hydrogens is 199 g/mol. The van der Waals surface area contributed by atoms with Crippen molar-refractivity contribution in [3.8, 4) is 0 Å². The minimum absolute atomic E-state index is 0.158. The van der Waals surface area contributed by atoms with E-state index in [4.69, 9.17) is 4.74 Å². The Morgan fingerprint density at radius 1 is 1.60 bits per heavy atom. The highest BCUT2D eigenvalue weighted by Crippen LogP contribution is 2.31. The zero-order valence-electron chi connectivity index (χ0n) is 8.12. The van der Waals surface area contributed by atoms with Crippen molar-refractivity contribution < 1.29 is 18.7 Å². The van der Waals surface area contributed by atoms with E-state index in [1.807, 2.05) is 0 Å². The SMILES string of the molecule is COC(=O)/C=C1\OCc2c(F)cccc21. The van der Waals surface area contributed by atoms with Crippen LogP contribution in [0, 0.1) is 5.82 Å². The molecular formula is C11H9FO3. The highest BCUT2D eigenvalue weighted by atomic mass is 19.1. The first kappa shape index (κ1) is 9.71. The third kappa shape index (κ3) is 1.70. The molecule has 1 aliphatic rings. The van der Waals surface area contributed by atoms with Gasteiger partial charge in [0.15, 0.2) is 0 Å². The Hall–Kier alpha value is -1.84. The number of methoxy groups -OCH3 is 1. The molecule has 78 valence electrons. The normalized spacial score (nSPS) is 16.0. The van der Waals surface area contributed by atoms with E-state index in [0.717, 1.165) is 0 Å². The Kier molecular flexibility index (Phi) is 2.41. The van der Waals surface area contributed by atoms with E-state index in [1.54, 1.807) is 12.1 Å². The molecule has 3 nitrogen and oxygen atoms in total. The van der Waals surface area contributed by atoms with E-state index in [2.05, 4.69) is 4.74 Å². The van der Waals surface area contributed by atoms with Gasteiger partial charge in [-0.05, 0) is 6.07 Å². The highest BCUT2D eigenvalue weighted by molar-refractivity contribution is 5.90. The molecule has 0 amide bonds. The predicted molar refractivity (Wildman–Crippen MR) is 51.2 cm³/mol. The van der Waals surface area contributed by atoms with Gasteiger partial charge >= 0.3 is 5.97 Å². The number of carbonyl (C=O) groups excluding carboxylic acids is 1. The average molecular weight is 208 g/mol. The largest absolute Gasteiger partial charge is 0.488 e. The fourth-order valence-corrected chi connectivity index (χ4v) is 1.45. The van der Waals surface area contributed by atoms with Crippen LogP contribution in [0.25, 0.3) is 5.76 Å². The Morgan fingerprint density at radius 2 is 2.40 bits per heavy atom. The minimum atomic E-state index is -0.512. The van der Waals surface area contributed by atoms with Crippen LogP contribution >= 0.6 is 0 Å². The Bertz CT molecular complexity index is 437. The molecule has 0 radical (unpaired) electrons. The van der Waals surface area contributed by atoms with Crippen LogP contribution in [0.2, 0.25) is 0 Å². The monoisotopic (exact) mass is 208 g/mol. The van der Waals surface area contributed by atoms with E-state index < -0.39 is 5.97 Å². The first-order valence-electron chi connectivity index (χ1n) is 4.42. The van der Waals surface area contributed by atoms with Gasteiger partial charge in [-0.1, -0.05) is 12.1 Å². The van der Waals surface area contributed by atoms with Gasteiger partial charge in [0.05, 0.1) is 13.2 Å². The van der Waals surface area contributed by atoms with Crippen molar-refractivity contribution in [1.29, 1.82) is 0 Å². The van der Waals surface area contributed by atoms with E-state index >= 15 is 0 Å². The van der Waals surface area contributed by atoms with E-state index in [1.165, 1.54) is 19.3 Å². The Morgan fingerprint density at radius 3 is 3.13 bits per heavy atom. The minimum Gasteiger partial charge on any atom is -0.488 e. The summed E-state index contributed by atoms with van der Waals surface area (Å²) in [6, 6.07) is 4.65. The van der Waals surface area contributed by atoms with Crippen LogP contribution in [-0.4, -0.2) is 13.1 Å². The molecule has 0 aromatic heterocycles. The van der Waals surface area contributed by atoms with Gasteiger partial charge in [0.2, 0.25) is 0 Å². The summed E-state index contributed by atoms with van der Waals surface area (Å²) in [5.74, 6) is -0.473. The molecule has 0 aliphatic carbocycles. The van der Waals surface area contributed by atoms with Gasteiger partial charge in [-0.15, -0.1) is 0 Å². The second kappa shape index (κ2) is 3.73. The zero-order valence-corrected chi connectivity index (χ0v) is 8.12. The second-order valence-electron chi connectivity index (χ2n) is 3.09. The van der Waals surface area contributed by atoms with Crippen molar-refractivity contribution >= 4 is 11.7 Å². The van der Waals surface area contributed by atoms with Crippen LogP contribution < -0.4 is 0 Å². The first-order valence-corrected chi connectivity index (χ1v) is 4.42. The molecule has 4 heteroatoms. The van der Waals surface area contributed by atoms with Crippen LogP contribution in [-0.2, 0) is 20.9 Å². The molecule has 1 aromatic rings. The summed E-state index contributed by atoms with van der Waals surface area (Å²) in [5.41, 5.74) is 1.09. The molecule has 15 heavy (non-hydrogen) atoms. The molecule has 2 rings (SSSR count). The second-order valence-corrected chi connectivity index (χ2v) is 3.09. The van der Waals surface area contributed by atoms with Gasteiger partial charge in [0, 0.05) is 11.1 Å². The standard InChI is InChI=1S/C11H9FO3/c1-14-11(13)5-10-7-3-2-4-9(12)8(7)6-15-10/h2-5H,6H2,1H3/b10-5-. The molecule has 0 saturated carbocycles. The smallest absolute Gasteiger partial charge is 0.334 e. The van der Waals surface area contributed by atoms with Gasteiger partial charge < -0.3 is 9.47 Å². The van der Waals surface area contributed by atoms with Gasteiger partial charge in [-0.3, -0.25) is 0 Å². The lowest BCUT2D eigenvalue weighted by atomic mass is 10.1. The maximum Gasteiger partial charge on any atom is 0.334 e. The number of carbonyl (C=O) groups is 1. The van der Waals surface area contributed by atoms with Crippen molar-refractivity contribution in [2.75, 3.05) is 7.11 Å². The Balaban J connectivity index is 2.41. The number of hydrogen-bond acceptors (Lipinski definition) is 3. The van der Waals surface area contributed by atoms with Gasteiger partial charge in [-0.2, -0.15) is 0 Å². The number of benzene rings is 1. The van der Waals surface area contributed by atoms with Crippen LogP contribution in [0.5, 0.6) is 0 Å². The van der Waals surface area contributed by atoms with Crippen molar-refractivity contribution in [3.05, 3.63) is 41.2 Å². The predicted octanol–water partition coefficient (Wildman–Crippen LogP) is 1.87. The van der Waals surface area contributed by atoms with Crippen molar-refractivity contribution in [1.82, 2.24) is 0 Å². The fraction of sp³-hybridized carbons (Fsp3) is 0.182. The summed E-state index contributed by atoms with van der Waals surface area (Å²) in [6.07, 6.45) is 1.21. The first-order chi connectivity index (χ1) is 7.22. The number of rotatable bonds is 1. The van der Waals surface area contributed by atoms with E-state index in [0.29, 0.717) is 16.9 Å². The molecule has 0 fully saturated rings. The Labute approximate surface area is 86.1 Å². The van der Waals surface area contributed by atoms with Crippen molar-refractivity contribution in [2.45, 2.75) is 6.61 Å². The molecule has 0 unspecified atom stereocenters. The van der Waals surface area contributed by atoms with Crippen LogP contribution in [0.4, 0.5) is 4.39 Å². The maximum absolute atomic E-state index is 13.3.